The minimum absolute atomic E-state index is 0.0166. The molecule has 0 bridgehead atoms. The van der Waals surface area contributed by atoms with Crippen LogP contribution in [0, 0.1) is 28.6 Å². The summed E-state index contributed by atoms with van der Waals surface area (Å²) in [5, 5.41) is 24.0. The first-order valence-electron chi connectivity index (χ1n) is 16.9. The summed E-state index contributed by atoms with van der Waals surface area (Å²) < 4.78 is 33.0. The zero-order valence-electron chi connectivity index (χ0n) is 29.1. The SMILES string of the molecule is COC(=O)[C@H]1O[C@@](C)(OCC(=O)[C@@]2(O)CCC3C4CCC5=CC(=O)CCC5(C)C4C(O)CC32C)[C@H](OC(C)=O)[C@@H](OC(C)=O)[C@@H]1OC(C)=O. The Hall–Kier alpha value is -3.20. The van der Waals surface area contributed by atoms with Crippen molar-refractivity contribution in [2.45, 2.75) is 128 Å². The van der Waals surface area contributed by atoms with Crippen molar-refractivity contribution in [1.29, 1.82) is 0 Å². The number of allylic oxidation sites excluding steroid dienone is 1. The third-order valence-electron chi connectivity index (χ3n) is 12.1. The van der Waals surface area contributed by atoms with E-state index in [-0.39, 0.29) is 41.8 Å². The molecular weight excluding hydrogens is 644 g/mol. The molecule has 1 saturated heterocycles. The predicted molar refractivity (Wildman–Crippen MR) is 166 cm³/mol. The van der Waals surface area contributed by atoms with Crippen LogP contribution in [-0.4, -0.2) is 101 Å². The molecule has 0 aromatic carbocycles. The number of carbonyl (C=O) groups excluding carboxylic acids is 6. The van der Waals surface area contributed by atoms with Gasteiger partial charge in [-0.1, -0.05) is 19.4 Å². The molecule has 0 spiro atoms. The number of aliphatic hydroxyl groups is 2. The molecule has 3 saturated carbocycles. The van der Waals surface area contributed by atoms with Crippen LogP contribution in [0.4, 0.5) is 0 Å². The molecule has 4 fully saturated rings. The van der Waals surface area contributed by atoms with Crippen molar-refractivity contribution in [2.24, 2.45) is 28.6 Å². The van der Waals surface area contributed by atoms with Crippen LogP contribution >= 0.6 is 0 Å². The van der Waals surface area contributed by atoms with Crippen LogP contribution < -0.4 is 0 Å². The standard InChI is InChI=1S/C35H48O14/c1-17(36)46-27-28(47-18(2)37)30(48-19(3)38)34(6,49-29(27)31(42)44-7)45-16-25(41)35(43)13-11-23-22-9-8-20-14-21(39)10-12-32(20,4)26(22)24(40)15-33(23,35)5/h14,22-24,26-30,40,43H,8-13,15-16H2,1-7H3/t22?,23?,24?,26?,27-,28-,29-,30+,32?,33?,34+,35-/m0/s1. The first-order chi connectivity index (χ1) is 22.8. The van der Waals surface area contributed by atoms with E-state index < -0.39 is 83.6 Å². The molecular formula is C35H48O14. The number of methoxy groups -OCH3 is 1. The summed E-state index contributed by atoms with van der Waals surface area (Å²) >= 11 is 0. The number of fused-ring (bicyclic) bond motifs is 5. The molecule has 6 unspecified atom stereocenters. The average Bonchev–Trinajstić information content (AvgIpc) is 3.28. The lowest BCUT2D eigenvalue weighted by Gasteiger charge is -2.60. The molecule has 2 N–H and O–H groups in total. The fourth-order valence-corrected chi connectivity index (χ4v) is 9.92. The van der Waals surface area contributed by atoms with Gasteiger partial charge in [0.05, 0.1) is 13.2 Å². The predicted octanol–water partition coefficient (Wildman–Crippen LogP) is 1.89. The van der Waals surface area contributed by atoms with E-state index in [4.69, 9.17) is 28.4 Å². The van der Waals surface area contributed by atoms with Gasteiger partial charge >= 0.3 is 23.9 Å². The Kier molecular flexibility index (Phi) is 9.96. The molecule has 5 aliphatic rings. The minimum Gasteiger partial charge on any atom is -0.467 e. The molecule has 1 aliphatic heterocycles. The van der Waals surface area contributed by atoms with Crippen LogP contribution in [0.25, 0.3) is 0 Å². The third kappa shape index (κ3) is 6.23. The van der Waals surface area contributed by atoms with Gasteiger partial charge < -0.3 is 38.6 Å². The van der Waals surface area contributed by atoms with Gasteiger partial charge in [0.1, 0.15) is 12.2 Å². The second kappa shape index (κ2) is 13.2. The van der Waals surface area contributed by atoms with Crippen LogP contribution in [0.3, 0.4) is 0 Å². The highest BCUT2D eigenvalue weighted by Crippen LogP contribution is 2.67. The van der Waals surface area contributed by atoms with Crippen molar-refractivity contribution in [1.82, 2.24) is 0 Å². The lowest BCUT2D eigenvalue weighted by atomic mass is 9.45. The van der Waals surface area contributed by atoms with Crippen molar-refractivity contribution >= 4 is 35.4 Å². The summed E-state index contributed by atoms with van der Waals surface area (Å²) in [5.41, 5.74) is -2.21. The van der Waals surface area contributed by atoms with Crippen LogP contribution in [0.15, 0.2) is 11.6 Å². The molecule has 12 atom stereocenters. The number of Topliss-reactive ketones (excluding diaryl/α,β-unsaturated/α-hetero) is 1. The lowest BCUT2D eigenvalue weighted by Crippen LogP contribution is -2.69. The maximum absolute atomic E-state index is 14.2. The number of hydrogen-bond acceptors (Lipinski definition) is 14. The highest BCUT2D eigenvalue weighted by Gasteiger charge is 2.69. The minimum atomic E-state index is -2.15. The molecule has 0 aromatic rings. The highest BCUT2D eigenvalue weighted by atomic mass is 16.8. The van der Waals surface area contributed by atoms with Gasteiger partial charge in [0.2, 0.25) is 5.79 Å². The van der Waals surface area contributed by atoms with Gasteiger partial charge in [0, 0.05) is 32.6 Å². The van der Waals surface area contributed by atoms with Crippen LogP contribution in [0.2, 0.25) is 0 Å². The van der Waals surface area contributed by atoms with E-state index in [1.165, 1.54) is 6.92 Å². The van der Waals surface area contributed by atoms with Crippen molar-refractivity contribution in [3.8, 4) is 0 Å². The smallest absolute Gasteiger partial charge is 0.339 e. The number of esters is 4. The number of hydrogen-bond donors (Lipinski definition) is 2. The first kappa shape index (κ1) is 37.1. The van der Waals surface area contributed by atoms with E-state index in [1.807, 2.05) is 6.92 Å². The Balaban J connectivity index is 1.42. The normalized spacial score (nSPS) is 42.8. The number of rotatable bonds is 8. The summed E-state index contributed by atoms with van der Waals surface area (Å²) in [6, 6.07) is 0. The van der Waals surface area contributed by atoms with E-state index in [2.05, 4.69) is 6.92 Å². The van der Waals surface area contributed by atoms with E-state index in [1.54, 1.807) is 6.08 Å². The van der Waals surface area contributed by atoms with Crippen LogP contribution in [0.5, 0.6) is 0 Å². The first-order valence-corrected chi connectivity index (χ1v) is 16.9. The number of aliphatic hydroxyl groups excluding tert-OH is 1. The summed E-state index contributed by atoms with van der Waals surface area (Å²) in [4.78, 5) is 75.8. The summed E-state index contributed by atoms with van der Waals surface area (Å²) in [6.07, 6.45) is -2.37. The molecule has 0 radical (unpaired) electrons. The van der Waals surface area contributed by atoms with Crippen molar-refractivity contribution in [3.63, 3.8) is 0 Å². The quantitative estimate of drug-likeness (QED) is 0.276. The Morgan fingerprint density at radius 1 is 0.918 bits per heavy atom. The summed E-state index contributed by atoms with van der Waals surface area (Å²) in [6.45, 7) is 7.64. The van der Waals surface area contributed by atoms with Crippen molar-refractivity contribution in [3.05, 3.63) is 11.6 Å². The van der Waals surface area contributed by atoms with Gasteiger partial charge in [-0.25, -0.2) is 4.79 Å². The van der Waals surface area contributed by atoms with Crippen molar-refractivity contribution in [2.75, 3.05) is 13.7 Å². The fraction of sp³-hybridized carbons (Fsp3) is 0.771. The Morgan fingerprint density at radius 2 is 1.55 bits per heavy atom. The Labute approximate surface area is 285 Å². The molecule has 0 aromatic heterocycles. The van der Waals surface area contributed by atoms with Gasteiger partial charge in [0.15, 0.2) is 36.0 Å². The van der Waals surface area contributed by atoms with Gasteiger partial charge in [-0.05, 0) is 74.7 Å². The molecule has 0 amide bonds. The topological polar surface area (TPSA) is 198 Å². The van der Waals surface area contributed by atoms with Gasteiger partial charge in [0.25, 0.3) is 0 Å². The van der Waals surface area contributed by atoms with Gasteiger partial charge in [-0.3, -0.25) is 24.0 Å². The molecule has 49 heavy (non-hydrogen) atoms. The number of ketones is 2. The highest BCUT2D eigenvalue weighted by molar-refractivity contribution is 5.92. The summed E-state index contributed by atoms with van der Waals surface area (Å²) in [7, 11) is 1.06. The lowest BCUT2D eigenvalue weighted by molar-refractivity contribution is -0.350. The zero-order chi connectivity index (χ0) is 36.3. The summed E-state index contributed by atoms with van der Waals surface area (Å²) in [5.74, 6) is -6.56. The largest absolute Gasteiger partial charge is 0.467 e. The van der Waals surface area contributed by atoms with Gasteiger partial charge in [-0.2, -0.15) is 0 Å². The second-order valence-corrected chi connectivity index (χ2v) is 14.9. The third-order valence-corrected chi connectivity index (χ3v) is 12.1. The molecule has 14 heteroatoms. The number of carbonyl (C=O) groups is 6. The van der Waals surface area contributed by atoms with E-state index in [9.17, 15) is 39.0 Å². The monoisotopic (exact) mass is 692 g/mol. The molecule has 1 heterocycles. The van der Waals surface area contributed by atoms with Crippen LogP contribution in [0.1, 0.15) is 86.5 Å². The zero-order valence-corrected chi connectivity index (χ0v) is 29.1. The molecule has 272 valence electrons. The molecule has 5 rings (SSSR count). The maximum atomic E-state index is 14.2. The maximum Gasteiger partial charge on any atom is 0.339 e. The average molecular weight is 693 g/mol. The molecule has 14 nitrogen and oxygen atoms in total. The number of ether oxygens (including phenoxy) is 6. The Morgan fingerprint density at radius 3 is 2.16 bits per heavy atom. The van der Waals surface area contributed by atoms with Crippen LogP contribution in [-0.2, 0) is 57.2 Å². The van der Waals surface area contributed by atoms with E-state index >= 15 is 0 Å². The van der Waals surface area contributed by atoms with Gasteiger partial charge in [-0.15, -0.1) is 0 Å². The Bertz CT molecular complexity index is 1440. The fourth-order valence-electron chi connectivity index (χ4n) is 9.92. The second-order valence-electron chi connectivity index (χ2n) is 14.9. The van der Waals surface area contributed by atoms with Crippen molar-refractivity contribution < 1.29 is 67.4 Å². The van der Waals surface area contributed by atoms with E-state index in [0.29, 0.717) is 25.7 Å². The van der Waals surface area contributed by atoms with E-state index in [0.717, 1.165) is 39.9 Å². The molecule has 4 aliphatic carbocycles.